The van der Waals surface area contributed by atoms with Gasteiger partial charge in [-0.25, -0.2) is 12.8 Å². The molecule has 0 radical (unpaired) electrons. The molecule has 1 N–H and O–H groups in total. The van der Waals surface area contributed by atoms with Gasteiger partial charge in [-0.3, -0.25) is 4.98 Å². The van der Waals surface area contributed by atoms with E-state index in [4.69, 9.17) is 0 Å². The van der Waals surface area contributed by atoms with Crippen molar-refractivity contribution < 1.29 is 17.9 Å². The maximum absolute atomic E-state index is 13.9. The van der Waals surface area contributed by atoms with Crippen molar-refractivity contribution in [2.45, 2.75) is 23.4 Å². The molecule has 6 nitrogen and oxygen atoms in total. The van der Waals surface area contributed by atoms with Crippen LogP contribution in [0.1, 0.15) is 29.2 Å². The molecule has 0 saturated carbocycles. The van der Waals surface area contributed by atoms with E-state index < -0.39 is 21.9 Å². The summed E-state index contributed by atoms with van der Waals surface area (Å²) in [5.74, 6) is 5.54. The lowest BCUT2D eigenvalue weighted by molar-refractivity contribution is 0.193. The van der Waals surface area contributed by atoms with Crippen molar-refractivity contribution in [2.24, 2.45) is 5.92 Å². The van der Waals surface area contributed by atoms with E-state index in [0.29, 0.717) is 13.0 Å². The van der Waals surface area contributed by atoms with E-state index in [1.807, 2.05) is 42.3 Å². The summed E-state index contributed by atoms with van der Waals surface area (Å²) < 4.78 is 42.5. The molecule has 5 rings (SSSR count). The van der Waals surface area contributed by atoms with Crippen LogP contribution in [-0.2, 0) is 10.0 Å². The van der Waals surface area contributed by atoms with Crippen LogP contribution in [0.3, 0.4) is 0 Å². The average Bonchev–Trinajstić information content (AvgIpc) is 3.30. The number of aromatic nitrogens is 1. The summed E-state index contributed by atoms with van der Waals surface area (Å²) in [5.41, 5.74) is 3.24. The molecule has 174 valence electrons. The van der Waals surface area contributed by atoms with Crippen LogP contribution in [-0.4, -0.2) is 49.1 Å². The third kappa shape index (κ3) is 3.86. The van der Waals surface area contributed by atoms with Crippen LogP contribution in [0.15, 0.2) is 71.9 Å². The number of pyridine rings is 1. The Kier molecular flexibility index (Phi) is 5.86. The summed E-state index contributed by atoms with van der Waals surface area (Å²) in [7, 11) is -2.03. The maximum Gasteiger partial charge on any atom is 0.243 e. The summed E-state index contributed by atoms with van der Waals surface area (Å²) in [5, 5.41) is 10.2. The number of hydrogen-bond donors (Lipinski definition) is 1. The van der Waals surface area contributed by atoms with Gasteiger partial charge in [0.15, 0.2) is 0 Å². The number of fused-ring (bicyclic) bond motifs is 3. The second kappa shape index (κ2) is 8.84. The van der Waals surface area contributed by atoms with E-state index in [2.05, 4.69) is 16.8 Å². The molecule has 1 fully saturated rings. The first-order chi connectivity index (χ1) is 16.4. The summed E-state index contributed by atoms with van der Waals surface area (Å²) >= 11 is 0. The molecule has 0 spiro atoms. The SMILES string of the molecule is CN1c2ccc(C#Cc3cccnc3)cc2[C@H]2[C@H](CCN2S(=O)(=O)c2cccc(F)c2)[C@H]1CO. The number of nitrogens with zero attached hydrogens (tertiary/aromatic N) is 3. The topological polar surface area (TPSA) is 73.7 Å². The lowest BCUT2D eigenvalue weighted by Gasteiger charge is -2.44. The van der Waals surface area contributed by atoms with Gasteiger partial charge >= 0.3 is 0 Å². The summed E-state index contributed by atoms with van der Waals surface area (Å²) in [6, 6.07) is 13.8. The molecule has 8 heteroatoms. The molecule has 0 aliphatic carbocycles. The highest BCUT2D eigenvalue weighted by Gasteiger charge is 2.50. The monoisotopic (exact) mass is 477 g/mol. The lowest BCUT2D eigenvalue weighted by atomic mass is 9.82. The quantitative estimate of drug-likeness (QED) is 0.587. The normalized spacial score (nSPS) is 22.0. The predicted molar refractivity (Wildman–Crippen MR) is 127 cm³/mol. The van der Waals surface area contributed by atoms with Gasteiger partial charge in [-0.2, -0.15) is 4.31 Å². The summed E-state index contributed by atoms with van der Waals surface area (Å²) in [6.45, 7) is 0.205. The number of aliphatic hydroxyl groups is 1. The van der Waals surface area contributed by atoms with Crippen LogP contribution in [0.2, 0.25) is 0 Å². The Hall–Kier alpha value is -3.25. The number of rotatable bonds is 3. The van der Waals surface area contributed by atoms with Crippen LogP contribution in [0.5, 0.6) is 0 Å². The zero-order valence-electron chi connectivity index (χ0n) is 18.6. The van der Waals surface area contributed by atoms with Crippen molar-refractivity contribution in [2.75, 3.05) is 25.1 Å². The molecule has 2 aliphatic rings. The van der Waals surface area contributed by atoms with Gasteiger partial charge in [0.2, 0.25) is 10.0 Å². The van der Waals surface area contributed by atoms with Crippen molar-refractivity contribution in [3.05, 3.63) is 89.5 Å². The van der Waals surface area contributed by atoms with Gasteiger partial charge in [0.1, 0.15) is 5.82 Å². The molecule has 2 aromatic carbocycles. The van der Waals surface area contributed by atoms with Crippen molar-refractivity contribution in [3.8, 4) is 11.8 Å². The standard InChI is InChI=1S/C26H24FN3O3S/c1-29-24-10-9-18(7-8-19-4-3-12-28-16-19)14-23(24)26-22(25(29)17-31)11-13-30(26)34(32,33)21-6-2-5-20(27)15-21/h2-6,9-10,12,14-16,22,25-26,31H,11,13,17H2,1H3/t22-,25-,26-/m1/s1. The molecule has 3 aromatic rings. The molecular formula is C26H24FN3O3S. The first kappa shape index (κ1) is 22.5. The largest absolute Gasteiger partial charge is 0.394 e. The number of sulfonamides is 1. The Morgan fingerprint density at radius 2 is 1.94 bits per heavy atom. The minimum atomic E-state index is -3.94. The molecule has 0 unspecified atom stereocenters. The fourth-order valence-electron chi connectivity index (χ4n) is 5.10. The molecule has 0 amide bonds. The zero-order valence-corrected chi connectivity index (χ0v) is 19.4. The van der Waals surface area contributed by atoms with E-state index in [9.17, 15) is 17.9 Å². The van der Waals surface area contributed by atoms with Gasteiger partial charge in [-0.15, -0.1) is 0 Å². The molecule has 0 bridgehead atoms. The highest BCUT2D eigenvalue weighted by atomic mass is 32.2. The number of likely N-dealkylation sites (N-methyl/N-ethyl adjacent to an activating group) is 1. The number of anilines is 1. The number of benzene rings is 2. The third-order valence-corrected chi connectivity index (χ3v) is 8.60. The van der Waals surface area contributed by atoms with Gasteiger partial charge in [0, 0.05) is 48.7 Å². The molecule has 1 saturated heterocycles. The Labute approximate surface area is 198 Å². The first-order valence-electron chi connectivity index (χ1n) is 11.1. The minimum Gasteiger partial charge on any atom is -0.394 e. The van der Waals surface area contributed by atoms with E-state index >= 15 is 0 Å². The predicted octanol–water partition coefficient (Wildman–Crippen LogP) is 3.18. The second-order valence-electron chi connectivity index (χ2n) is 8.60. The van der Waals surface area contributed by atoms with Gasteiger partial charge in [-0.05, 0) is 60.5 Å². The highest BCUT2D eigenvalue weighted by Crippen LogP contribution is 2.50. The van der Waals surface area contributed by atoms with Crippen molar-refractivity contribution >= 4 is 15.7 Å². The highest BCUT2D eigenvalue weighted by molar-refractivity contribution is 7.89. The van der Waals surface area contributed by atoms with Crippen LogP contribution in [0.4, 0.5) is 10.1 Å². The molecule has 2 aliphatic heterocycles. The van der Waals surface area contributed by atoms with Gasteiger partial charge < -0.3 is 10.0 Å². The third-order valence-electron chi connectivity index (χ3n) is 6.72. The Bertz CT molecular complexity index is 1390. The van der Waals surface area contributed by atoms with Crippen LogP contribution in [0.25, 0.3) is 0 Å². The van der Waals surface area contributed by atoms with E-state index in [0.717, 1.165) is 28.4 Å². The zero-order chi connectivity index (χ0) is 23.9. The maximum atomic E-state index is 13.9. The fourth-order valence-corrected chi connectivity index (χ4v) is 6.80. The van der Waals surface area contributed by atoms with Crippen LogP contribution >= 0.6 is 0 Å². The van der Waals surface area contributed by atoms with Crippen LogP contribution in [0, 0.1) is 23.6 Å². The molecule has 1 aromatic heterocycles. The fraction of sp³-hybridized carbons (Fsp3) is 0.269. The number of aliphatic hydroxyl groups excluding tert-OH is 1. The Morgan fingerprint density at radius 1 is 1.12 bits per heavy atom. The first-order valence-corrected chi connectivity index (χ1v) is 12.5. The lowest BCUT2D eigenvalue weighted by Crippen LogP contribution is -2.48. The average molecular weight is 478 g/mol. The summed E-state index contributed by atoms with van der Waals surface area (Å²) in [4.78, 5) is 6.03. The van der Waals surface area contributed by atoms with Gasteiger partial charge in [0.05, 0.1) is 23.6 Å². The van der Waals surface area contributed by atoms with Crippen molar-refractivity contribution in [1.82, 2.24) is 9.29 Å². The summed E-state index contributed by atoms with van der Waals surface area (Å²) in [6.07, 6.45) is 3.97. The molecule has 34 heavy (non-hydrogen) atoms. The molecular weight excluding hydrogens is 453 g/mol. The van der Waals surface area contributed by atoms with Gasteiger partial charge in [-0.1, -0.05) is 17.9 Å². The van der Waals surface area contributed by atoms with E-state index in [1.165, 1.54) is 22.5 Å². The Morgan fingerprint density at radius 3 is 2.68 bits per heavy atom. The minimum absolute atomic E-state index is 0.0679. The van der Waals surface area contributed by atoms with E-state index in [-0.39, 0.29) is 23.5 Å². The molecule has 3 heterocycles. The van der Waals surface area contributed by atoms with Crippen molar-refractivity contribution in [1.29, 1.82) is 0 Å². The Balaban J connectivity index is 1.60. The van der Waals surface area contributed by atoms with Gasteiger partial charge in [0.25, 0.3) is 0 Å². The smallest absolute Gasteiger partial charge is 0.243 e. The second-order valence-corrected chi connectivity index (χ2v) is 10.5. The number of halogens is 1. The number of hydrogen-bond acceptors (Lipinski definition) is 5. The van der Waals surface area contributed by atoms with Crippen LogP contribution < -0.4 is 4.90 Å². The van der Waals surface area contributed by atoms with E-state index in [1.54, 1.807) is 12.4 Å². The molecule has 3 atom stereocenters. The van der Waals surface area contributed by atoms with Crippen molar-refractivity contribution in [3.63, 3.8) is 0 Å².